The van der Waals surface area contributed by atoms with E-state index in [-0.39, 0.29) is 58.1 Å². The summed E-state index contributed by atoms with van der Waals surface area (Å²) in [4.78, 5) is 60.0. The van der Waals surface area contributed by atoms with Crippen molar-refractivity contribution in [1.29, 1.82) is 0 Å². The number of amides is 3. The van der Waals surface area contributed by atoms with E-state index in [0.29, 0.717) is 17.9 Å². The molecule has 47 heavy (non-hydrogen) atoms. The third-order valence-corrected chi connectivity index (χ3v) is 7.79. The fourth-order valence-corrected chi connectivity index (χ4v) is 5.25. The Morgan fingerprint density at radius 2 is 1.40 bits per heavy atom. The number of carbonyl (C=O) groups excluding carboxylic acids is 4. The molecule has 1 aliphatic heterocycles. The van der Waals surface area contributed by atoms with Crippen LogP contribution in [0, 0.1) is 5.92 Å². The second-order valence-corrected chi connectivity index (χ2v) is 11.0. The van der Waals surface area contributed by atoms with Crippen molar-refractivity contribution >= 4 is 34.8 Å². The third-order valence-electron chi connectivity index (χ3n) is 7.79. The largest absolute Gasteiger partial charge is 0.488 e. The molecule has 0 bridgehead atoms. The normalized spacial score (nSPS) is 13.5. The highest BCUT2D eigenvalue weighted by molar-refractivity contribution is 5.99. The van der Waals surface area contributed by atoms with Gasteiger partial charge in [-0.25, -0.2) is 9.78 Å². The quantitative estimate of drug-likeness (QED) is 0.176. The van der Waals surface area contributed by atoms with Crippen molar-refractivity contribution in [3.05, 3.63) is 108 Å². The molecule has 1 saturated heterocycles. The third kappa shape index (κ3) is 8.84. The summed E-state index contributed by atoms with van der Waals surface area (Å²) in [6.07, 6.45) is -0.418. The minimum atomic E-state index is -1.15. The van der Waals surface area contributed by atoms with E-state index in [2.05, 4.69) is 10.3 Å². The molecule has 1 fully saturated rings. The number of hydrogen-bond acceptors (Lipinski definition) is 8. The second kappa shape index (κ2) is 16.2. The number of carbonyl (C=O) groups is 4. The van der Waals surface area contributed by atoms with Gasteiger partial charge in [-0.05, 0) is 36.6 Å². The lowest BCUT2D eigenvalue weighted by Crippen LogP contribution is -2.53. The number of pyridine rings is 1. The number of fused-ring (bicyclic) bond motifs is 1. The topological polar surface area (TPSA) is 127 Å². The zero-order chi connectivity index (χ0) is 33.0. The Bertz CT molecular complexity index is 1680. The molecule has 11 nitrogen and oxygen atoms in total. The van der Waals surface area contributed by atoms with Gasteiger partial charge in [-0.3, -0.25) is 14.4 Å². The summed E-state index contributed by atoms with van der Waals surface area (Å²) < 4.78 is 16.7. The molecular formula is C36H38N4O7. The van der Waals surface area contributed by atoms with Crippen molar-refractivity contribution in [3.63, 3.8) is 0 Å². The molecule has 11 heteroatoms. The van der Waals surface area contributed by atoms with Crippen molar-refractivity contribution in [3.8, 4) is 5.75 Å². The molecule has 1 aromatic heterocycles. The summed E-state index contributed by atoms with van der Waals surface area (Å²) in [5.74, 6) is -2.19. The van der Waals surface area contributed by atoms with Gasteiger partial charge in [0.05, 0.1) is 12.1 Å². The first-order valence-electron chi connectivity index (χ1n) is 15.7. The number of nitrogens with zero attached hydrogens (tertiary/aromatic N) is 3. The van der Waals surface area contributed by atoms with E-state index in [1.807, 2.05) is 78.9 Å². The fourth-order valence-electron chi connectivity index (χ4n) is 5.25. The van der Waals surface area contributed by atoms with Gasteiger partial charge < -0.3 is 29.3 Å². The Kier molecular flexibility index (Phi) is 11.4. The van der Waals surface area contributed by atoms with Gasteiger partial charge in [0, 0.05) is 44.2 Å². The maximum atomic E-state index is 13.6. The fraction of sp³-hybridized carbons (Fsp3) is 0.306. The first-order valence-corrected chi connectivity index (χ1v) is 15.7. The van der Waals surface area contributed by atoms with E-state index in [0.717, 1.165) is 16.5 Å². The number of rotatable bonds is 12. The van der Waals surface area contributed by atoms with Crippen LogP contribution in [0.5, 0.6) is 5.75 Å². The standard InChI is InChI=1S/C36H38N4O7/c1-2-45-36(44)40-21-19-39(20-22-40)34(42)29(35(43)47-25-27-13-7-4-8-14-27)17-18-37-33(41)31-23-32(28-15-9-10-16-30(28)38-31)46-24-26-11-5-3-6-12-26/h3-16,23,29H,2,17-22,24-25H2,1H3,(H,37,41). The summed E-state index contributed by atoms with van der Waals surface area (Å²) in [7, 11) is 0. The number of piperazine rings is 1. The Morgan fingerprint density at radius 3 is 2.09 bits per heavy atom. The molecule has 5 rings (SSSR count). The minimum absolute atomic E-state index is 0.0131. The molecule has 2 heterocycles. The first kappa shape index (κ1) is 32.9. The van der Waals surface area contributed by atoms with E-state index >= 15 is 0 Å². The highest BCUT2D eigenvalue weighted by atomic mass is 16.6. The molecule has 0 aliphatic carbocycles. The van der Waals surface area contributed by atoms with Crippen molar-refractivity contribution in [2.75, 3.05) is 39.3 Å². The van der Waals surface area contributed by atoms with Gasteiger partial charge in [0.2, 0.25) is 5.91 Å². The average Bonchev–Trinajstić information content (AvgIpc) is 3.12. The van der Waals surface area contributed by atoms with E-state index in [1.54, 1.807) is 24.0 Å². The predicted octanol–water partition coefficient (Wildman–Crippen LogP) is 4.59. The first-order chi connectivity index (χ1) is 22.9. The highest BCUT2D eigenvalue weighted by Gasteiger charge is 2.34. The van der Waals surface area contributed by atoms with Crippen molar-refractivity contribution in [1.82, 2.24) is 20.1 Å². The Morgan fingerprint density at radius 1 is 0.787 bits per heavy atom. The van der Waals surface area contributed by atoms with Crippen LogP contribution in [-0.4, -0.2) is 78.0 Å². The van der Waals surface area contributed by atoms with Gasteiger partial charge in [-0.15, -0.1) is 0 Å². The van der Waals surface area contributed by atoms with Gasteiger partial charge in [-0.2, -0.15) is 0 Å². The molecule has 1 aliphatic rings. The van der Waals surface area contributed by atoms with Crippen molar-refractivity contribution < 1.29 is 33.4 Å². The molecule has 244 valence electrons. The number of aromatic nitrogens is 1. The molecule has 3 aromatic carbocycles. The molecule has 1 unspecified atom stereocenters. The lowest BCUT2D eigenvalue weighted by Gasteiger charge is -2.35. The Hall–Kier alpha value is -5.45. The van der Waals surface area contributed by atoms with Crippen LogP contribution in [0.4, 0.5) is 4.79 Å². The summed E-state index contributed by atoms with van der Waals surface area (Å²) in [5.41, 5.74) is 2.52. The molecular weight excluding hydrogens is 600 g/mol. The van der Waals surface area contributed by atoms with Crippen LogP contribution in [0.2, 0.25) is 0 Å². The highest BCUT2D eigenvalue weighted by Crippen LogP contribution is 2.26. The number of nitrogens with one attached hydrogen (secondary N) is 1. The molecule has 0 spiro atoms. The van der Waals surface area contributed by atoms with Crippen molar-refractivity contribution in [2.45, 2.75) is 26.6 Å². The molecule has 0 radical (unpaired) electrons. The number of hydrogen-bond donors (Lipinski definition) is 1. The van der Waals surface area contributed by atoms with Crippen LogP contribution in [0.25, 0.3) is 10.9 Å². The van der Waals surface area contributed by atoms with Gasteiger partial charge >= 0.3 is 12.1 Å². The molecule has 0 saturated carbocycles. The SMILES string of the molecule is CCOC(=O)N1CCN(C(=O)C(CCNC(=O)c2cc(OCc3ccccc3)c3ccccc3n2)C(=O)OCc2ccccc2)CC1. The van der Waals surface area contributed by atoms with E-state index in [1.165, 1.54) is 4.90 Å². The van der Waals surface area contributed by atoms with Gasteiger partial charge in [0.1, 0.15) is 30.6 Å². The number of benzene rings is 3. The molecule has 4 aromatic rings. The van der Waals surface area contributed by atoms with Crippen LogP contribution in [-0.2, 0) is 32.3 Å². The summed E-state index contributed by atoms with van der Waals surface area (Å²) in [5, 5.41) is 3.59. The molecule has 1 atom stereocenters. The number of ether oxygens (including phenoxy) is 3. The van der Waals surface area contributed by atoms with Gasteiger partial charge in [-0.1, -0.05) is 72.8 Å². The minimum Gasteiger partial charge on any atom is -0.488 e. The van der Waals surface area contributed by atoms with E-state index < -0.39 is 29.8 Å². The van der Waals surface area contributed by atoms with Crippen LogP contribution in [0.3, 0.4) is 0 Å². The maximum Gasteiger partial charge on any atom is 0.409 e. The summed E-state index contributed by atoms with van der Waals surface area (Å²) in [6.45, 7) is 3.42. The lowest BCUT2D eigenvalue weighted by molar-refractivity contribution is -0.157. The van der Waals surface area contributed by atoms with Crippen LogP contribution in [0.15, 0.2) is 91.0 Å². The van der Waals surface area contributed by atoms with E-state index in [9.17, 15) is 19.2 Å². The maximum absolute atomic E-state index is 13.6. The average molecular weight is 639 g/mol. The van der Waals surface area contributed by atoms with Crippen LogP contribution in [0.1, 0.15) is 35.0 Å². The van der Waals surface area contributed by atoms with Gasteiger partial charge in [0.25, 0.3) is 5.91 Å². The molecule has 1 N–H and O–H groups in total. The van der Waals surface area contributed by atoms with Crippen LogP contribution >= 0.6 is 0 Å². The monoisotopic (exact) mass is 638 g/mol. The second-order valence-electron chi connectivity index (χ2n) is 11.0. The van der Waals surface area contributed by atoms with Crippen LogP contribution < -0.4 is 10.1 Å². The van der Waals surface area contributed by atoms with E-state index in [4.69, 9.17) is 14.2 Å². The summed E-state index contributed by atoms with van der Waals surface area (Å²) >= 11 is 0. The predicted molar refractivity (Wildman–Crippen MR) is 174 cm³/mol. The Balaban J connectivity index is 1.25. The van der Waals surface area contributed by atoms with Crippen molar-refractivity contribution in [2.24, 2.45) is 5.92 Å². The molecule has 3 amide bonds. The van der Waals surface area contributed by atoms with Gasteiger partial charge in [0.15, 0.2) is 0 Å². The smallest absolute Gasteiger partial charge is 0.409 e. The number of esters is 1. The summed E-state index contributed by atoms with van der Waals surface area (Å²) in [6, 6.07) is 27.9. The Labute approximate surface area is 273 Å². The zero-order valence-electron chi connectivity index (χ0n) is 26.3. The number of para-hydroxylation sites is 1. The lowest BCUT2D eigenvalue weighted by atomic mass is 10.0. The zero-order valence-corrected chi connectivity index (χ0v) is 26.3.